The molecule has 26 heavy (non-hydrogen) atoms. The predicted octanol–water partition coefficient (Wildman–Crippen LogP) is 3.10. The number of carbonyl (C=O) groups excluding carboxylic acids is 1. The Kier molecular flexibility index (Phi) is 5.71. The minimum absolute atomic E-state index is 0.0114. The first-order valence-electron chi connectivity index (χ1n) is 8.26. The lowest BCUT2D eigenvalue weighted by Crippen LogP contribution is -2.32. The highest BCUT2D eigenvalue weighted by Gasteiger charge is 2.18. The molecule has 1 atom stereocenters. The highest BCUT2D eigenvalue weighted by Crippen LogP contribution is 2.25. The number of fused-ring (bicyclic) bond motifs is 1. The van der Waals surface area contributed by atoms with Gasteiger partial charge in [0.25, 0.3) is 5.91 Å². The van der Waals surface area contributed by atoms with Crippen LogP contribution in [-0.4, -0.2) is 37.3 Å². The number of nitriles is 1. The summed E-state index contributed by atoms with van der Waals surface area (Å²) in [4.78, 5) is 16.6. The van der Waals surface area contributed by atoms with Crippen LogP contribution in [0.15, 0.2) is 29.8 Å². The van der Waals surface area contributed by atoms with Crippen molar-refractivity contribution in [2.24, 2.45) is 0 Å². The summed E-state index contributed by atoms with van der Waals surface area (Å²) in [6, 6.07) is 9.11. The van der Waals surface area contributed by atoms with E-state index in [4.69, 9.17) is 21.1 Å². The molecule has 2 heterocycles. The zero-order valence-corrected chi connectivity index (χ0v) is 15.0. The summed E-state index contributed by atoms with van der Waals surface area (Å²) in [7, 11) is 1.58. The molecule has 1 amide bonds. The number of benzene rings is 1. The van der Waals surface area contributed by atoms with Crippen LogP contribution in [-0.2, 0) is 9.53 Å². The van der Waals surface area contributed by atoms with Gasteiger partial charge in [-0.2, -0.15) is 5.26 Å². The fraction of sp³-hybridized carbons (Fsp3) is 0.316. The van der Waals surface area contributed by atoms with E-state index in [1.165, 1.54) is 6.08 Å². The van der Waals surface area contributed by atoms with E-state index in [1.807, 2.05) is 12.1 Å². The minimum atomic E-state index is -0.454. The van der Waals surface area contributed by atoms with Crippen molar-refractivity contribution in [3.05, 3.63) is 40.6 Å². The summed E-state index contributed by atoms with van der Waals surface area (Å²) < 4.78 is 10.7. The number of amides is 1. The highest BCUT2D eigenvalue weighted by molar-refractivity contribution is 6.31. The average molecular weight is 372 g/mol. The smallest absolute Gasteiger partial charge is 0.262 e. The number of nitrogens with zero attached hydrogens (tertiary/aromatic N) is 2. The lowest BCUT2D eigenvalue weighted by molar-refractivity contribution is -0.117. The first kappa shape index (κ1) is 18.2. The molecule has 1 aliphatic heterocycles. The second-order valence-electron chi connectivity index (χ2n) is 5.94. The molecule has 0 bridgehead atoms. The molecule has 0 unspecified atom stereocenters. The first-order valence-corrected chi connectivity index (χ1v) is 8.64. The Hall–Kier alpha value is -2.62. The largest absolute Gasteiger partial charge is 0.497 e. The third-order valence-electron chi connectivity index (χ3n) is 4.18. The molecule has 7 heteroatoms. The maximum Gasteiger partial charge on any atom is 0.262 e. The monoisotopic (exact) mass is 371 g/mol. The van der Waals surface area contributed by atoms with Crippen molar-refractivity contribution in [1.82, 2.24) is 10.3 Å². The maximum atomic E-state index is 12.3. The van der Waals surface area contributed by atoms with E-state index in [9.17, 15) is 10.1 Å². The highest BCUT2D eigenvalue weighted by atomic mass is 35.5. The molecule has 0 spiro atoms. The van der Waals surface area contributed by atoms with Crippen LogP contribution in [0.4, 0.5) is 0 Å². The number of hydrogen-bond acceptors (Lipinski definition) is 5. The second-order valence-corrected chi connectivity index (χ2v) is 6.30. The van der Waals surface area contributed by atoms with Gasteiger partial charge in [0.1, 0.15) is 22.5 Å². The normalized spacial score (nSPS) is 17.1. The van der Waals surface area contributed by atoms with Crippen molar-refractivity contribution in [2.45, 2.75) is 18.9 Å². The van der Waals surface area contributed by atoms with Crippen LogP contribution in [0.2, 0.25) is 5.15 Å². The Balaban J connectivity index is 1.84. The van der Waals surface area contributed by atoms with Gasteiger partial charge in [-0.15, -0.1) is 0 Å². The lowest BCUT2D eigenvalue weighted by Gasteiger charge is -2.10. The molecule has 0 saturated carbocycles. The number of halogens is 1. The Labute approximate surface area is 156 Å². The van der Waals surface area contributed by atoms with Crippen molar-refractivity contribution in [1.29, 1.82) is 5.26 Å². The fourth-order valence-corrected chi connectivity index (χ4v) is 2.99. The molecule has 1 fully saturated rings. The molecule has 0 radical (unpaired) electrons. The zero-order chi connectivity index (χ0) is 18.5. The van der Waals surface area contributed by atoms with Crippen molar-refractivity contribution in [3.63, 3.8) is 0 Å². The van der Waals surface area contributed by atoms with E-state index >= 15 is 0 Å². The number of nitrogens with one attached hydrogen (secondary N) is 1. The topological polar surface area (TPSA) is 84.2 Å². The van der Waals surface area contributed by atoms with Crippen LogP contribution in [0, 0.1) is 11.3 Å². The molecule has 1 aromatic heterocycles. The van der Waals surface area contributed by atoms with Crippen molar-refractivity contribution in [3.8, 4) is 11.8 Å². The lowest BCUT2D eigenvalue weighted by atomic mass is 10.1. The van der Waals surface area contributed by atoms with E-state index in [2.05, 4.69) is 10.3 Å². The Bertz CT molecular complexity index is 899. The first-order chi connectivity index (χ1) is 12.6. The Morgan fingerprint density at radius 1 is 1.54 bits per heavy atom. The third kappa shape index (κ3) is 4.13. The molecule has 6 nitrogen and oxygen atoms in total. The number of pyridine rings is 1. The Morgan fingerprint density at radius 2 is 2.38 bits per heavy atom. The number of hydrogen-bond donors (Lipinski definition) is 1. The maximum absolute atomic E-state index is 12.3. The molecule has 1 aliphatic rings. The average Bonchev–Trinajstić information content (AvgIpc) is 3.17. The van der Waals surface area contributed by atoms with E-state index in [1.54, 1.807) is 25.3 Å². The molecule has 1 aromatic carbocycles. The molecule has 1 saturated heterocycles. The van der Waals surface area contributed by atoms with Crippen LogP contribution in [0.5, 0.6) is 5.75 Å². The Morgan fingerprint density at radius 3 is 3.08 bits per heavy atom. The van der Waals surface area contributed by atoms with Crippen molar-refractivity contribution >= 4 is 34.5 Å². The number of aromatic nitrogens is 1. The number of rotatable bonds is 5. The number of carbonyl (C=O) groups is 1. The van der Waals surface area contributed by atoms with Crippen LogP contribution in [0.3, 0.4) is 0 Å². The molecule has 3 rings (SSSR count). The second kappa shape index (κ2) is 8.17. The van der Waals surface area contributed by atoms with Crippen LogP contribution in [0.25, 0.3) is 17.0 Å². The van der Waals surface area contributed by atoms with E-state index < -0.39 is 5.91 Å². The summed E-state index contributed by atoms with van der Waals surface area (Å²) in [6.07, 6.45) is 3.36. The van der Waals surface area contributed by atoms with Gasteiger partial charge in [-0.1, -0.05) is 11.6 Å². The van der Waals surface area contributed by atoms with Crippen molar-refractivity contribution < 1.29 is 14.3 Å². The minimum Gasteiger partial charge on any atom is -0.497 e. The summed E-state index contributed by atoms with van der Waals surface area (Å²) in [5, 5.41) is 13.1. The van der Waals surface area contributed by atoms with Crippen molar-refractivity contribution in [2.75, 3.05) is 20.3 Å². The third-order valence-corrected chi connectivity index (χ3v) is 4.48. The number of ether oxygens (including phenoxy) is 2. The predicted molar refractivity (Wildman–Crippen MR) is 98.9 cm³/mol. The fourth-order valence-electron chi connectivity index (χ4n) is 2.79. The quantitative estimate of drug-likeness (QED) is 0.496. The molecule has 134 valence electrons. The van der Waals surface area contributed by atoms with Gasteiger partial charge < -0.3 is 14.8 Å². The molecule has 0 aliphatic carbocycles. The molecular weight excluding hydrogens is 354 g/mol. The summed E-state index contributed by atoms with van der Waals surface area (Å²) >= 11 is 6.22. The van der Waals surface area contributed by atoms with Gasteiger partial charge in [0, 0.05) is 24.1 Å². The summed E-state index contributed by atoms with van der Waals surface area (Å²) in [5.41, 5.74) is 1.17. The SMILES string of the molecule is COc1ccc2nc(Cl)c(/C=C(\C#N)C(=O)NC[C@@H]3CCCO3)cc2c1. The zero-order valence-electron chi connectivity index (χ0n) is 14.3. The van der Waals surface area contributed by atoms with Gasteiger partial charge >= 0.3 is 0 Å². The van der Waals surface area contributed by atoms with Gasteiger partial charge in [-0.3, -0.25) is 4.79 Å². The van der Waals surface area contributed by atoms with Gasteiger partial charge in [0.2, 0.25) is 0 Å². The molecular formula is C19H18ClN3O3. The number of methoxy groups -OCH3 is 1. The van der Waals surface area contributed by atoms with E-state index in [0.29, 0.717) is 30.0 Å². The van der Waals surface area contributed by atoms with E-state index in [0.717, 1.165) is 18.2 Å². The summed E-state index contributed by atoms with van der Waals surface area (Å²) in [6.45, 7) is 1.10. The standard InChI is InChI=1S/C19H18ClN3O3/c1-25-15-4-5-17-12(9-15)7-13(18(20)23-17)8-14(10-21)19(24)22-11-16-3-2-6-26-16/h4-5,7-9,16H,2-3,6,11H2,1H3,(H,22,24)/b14-8+/t16-/m0/s1. The molecule has 1 N–H and O–H groups in total. The van der Waals surface area contributed by atoms with Gasteiger partial charge in [-0.05, 0) is 43.2 Å². The van der Waals surface area contributed by atoms with Crippen LogP contribution in [0.1, 0.15) is 18.4 Å². The van der Waals surface area contributed by atoms with Crippen LogP contribution >= 0.6 is 11.6 Å². The van der Waals surface area contributed by atoms with Gasteiger partial charge in [0.05, 0.1) is 18.7 Å². The van der Waals surface area contributed by atoms with E-state index in [-0.39, 0.29) is 16.8 Å². The summed E-state index contributed by atoms with van der Waals surface area (Å²) in [5.74, 6) is 0.233. The van der Waals surface area contributed by atoms with Gasteiger partial charge in [-0.25, -0.2) is 4.98 Å². The molecule has 2 aromatic rings. The van der Waals surface area contributed by atoms with Crippen LogP contribution < -0.4 is 10.1 Å². The van der Waals surface area contributed by atoms with Gasteiger partial charge in [0.15, 0.2) is 0 Å².